The Kier molecular flexibility index (Phi) is 7.21. The first-order valence-electron chi connectivity index (χ1n) is 9.12. The van der Waals surface area contributed by atoms with Crippen molar-refractivity contribution in [1.29, 1.82) is 0 Å². The summed E-state index contributed by atoms with van der Waals surface area (Å²) in [6.07, 6.45) is 9.48. The average molecular weight is 556 g/mol. The van der Waals surface area contributed by atoms with E-state index >= 15 is 0 Å². The summed E-state index contributed by atoms with van der Waals surface area (Å²) in [5.74, 6) is -0.233. The number of rotatable bonds is 7. The third-order valence-electron chi connectivity index (χ3n) is 3.81. The third-order valence-corrected chi connectivity index (χ3v) is 10.4. The molecule has 12 heteroatoms. The quantitative estimate of drug-likeness (QED) is 0.300. The van der Waals surface area contributed by atoms with E-state index in [0.29, 0.717) is 20.3 Å². The Bertz CT molecular complexity index is 1130. The number of nitrogens with zero attached hydrogens (tertiary/aromatic N) is 6. The molecule has 2 amide bonds. The summed E-state index contributed by atoms with van der Waals surface area (Å²) in [7, 11) is 0. The van der Waals surface area contributed by atoms with Crippen LogP contribution < -0.4 is 19.8 Å². The van der Waals surface area contributed by atoms with Gasteiger partial charge in [-0.15, -0.1) is 0 Å². The van der Waals surface area contributed by atoms with Crippen LogP contribution in [-0.2, 0) is 0 Å². The first kappa shape index (κ1) is 21.7. The molecule has 0 saturated carbocycles. The van der Waals surface area contributed by atoms with Crippen LogP contribution in [0.2, 0.25) is 0 Å². The average Bonchev–Trinajstić information content (AvgIpc) is 2.84. The van der Waals surface area contributed by atoms with E-state index in [4.69, 9.17) is 0 Å². The number of anilines is 2. The minimum absolute atomic E-state index is 0.203. The minimum atomic E-state index is -0.336. The Morgan fingerprint density at radius 1 is 0.562 bits per heavy atom. The van der Waals surface area contributed by atoms with Crippen molar-refractivity contribution < 1.29 is 9.59 Å². The number of carbonyl (C=O) groups is 2. The molecule has 4 rings (SSSR count). The van der Waals surface area contributed by atoms with Crippen LogP contribution in [0, 0.1) is 0 Å². The Morgan fingerprint density at radius 3 is 1.34 bits per heavy atom. The second-order valence-corrected chi connectivity index (χ2v) is 11.9. The van der Waals surface area contributed by atoms with Gasteiger partial charge < -0.3 is 0 Å². The van der Waals surface area contributed by atoms with E-state index < -0.39 is 0 Å². The monoisotopic (exact) mass is 558 g/mol. The van der Waals surface area contributed by atoms with Crippen LogP contribution in [0.3, 0.4) is 0 Å². The molecule has 32 heavy (non-hydrogen) atoms. The normalized spacial score (nSPS) is 10.4. The van der Waals surface area contributed by atoms with Gasteiger partial charge in [-0.3, -0.25) is 0 Å². The fourth-order valence-electron chi connectivity index (χ4n) is 2.40. The predicted octanol–water partition coefficient (Wildman–Crippen LogP) is -0.165. The van der Waals surface area contributed by atoms with E-state index in [1.165, 1.54) is 0 Å². The number of pyridine rings is 2. The summed E-state index contributed by atoms with van der Waals surface area (Å²) in [6, 6.07) is 10.1. The van der Waals surface area contributed by atoms with Crippen molar-refractivity contribution in [3.63, 3.8) is 0 Å². The molecular weight excluding hydrogens is 542 g/mol. The van der Waals surface area contributed by atoms with E-state index in [9.17, 15) is 9.59 Å². The number of hydrogen-bond acceptors (Lipinski definition) is 8. The number of amides is 2. The molecule has 4 aromatic rings. The molecule has 4 heterocycles. The Hall–Kier alpha value is -3.56. The first-order valence-corrected chi connectivity index (χ1v) is 15.2. The van der Waals surface area contributed by atoms with Gasteiger partial charge in [-0.2, -0.15) is 0 Å². The van der Waals surface area contributed by atoms with Crippen LogP contribution in [0.5, 0.6) is 0 Å². The summed E-state index contributed by atoms with van der Waals surface area (Å²) >= 11 is -0.407. The standard InChI is InChI=1S/C20H14N8O2Se2/c29-15(27-19-23-9-3-10-24-19)13-5-1-7-21-17(13)31-32-18-14(6-2-8-22-18)16(30)28-20-25-11-4-12-26-20/h1-12H,(H,23,24,27,29)(H,25,26,28,30). The maximum atomic E-state index is 12.7. The van der Waals surface area contributed by atoms with Gasteiger partial charge in [0.05, 0.1) is 0 Å². The topological polar surface area (TPSA) is 136 Å². The molecule has 158 valence electrons. The van der Waals surface area contributed by atoms with Gasteiger partial charge in [0, 0.05) is 0 Å². The number of nitrogens with one attached hydrogen (secondary N) is 2. The third kappa shape index (κ3) is 5.57. The number of carbonyl (C=O) groups excluding carboxylic acids is 2. The zero-order chi connectivity index (χ0) is 22.2. The molecule has 0 unspecified atom stereocenters. The molecule has 0 spiro atoms. The van der Waals surface area contributed by atoms with Crippen LogP contribution in [0.4, 0.5) is 11.9 Å². The van der Waals surface area contributed by atoms with Crippen molar-refractivity contribution in [3.8, 4) is 0 Å². The molecule has 0 aliphatic carbocycles. The van der Waals surface area contributed by atoms with Crippen molar-refractivity contribution in [2.75, 3.05) is 10.6 Å². The van der Waals surface area contributed by atoms with E-state index in [2.05, 4.69) is 40.5 Å². The van der Waals surface area contributed by atoms with Crippen molar-refractivity contribution in [1.82, 2.24) is 29.9 Å². The predicted molar refractivity (Wildman–Crippen MR) is 119 cm³/mol. The number of hydrogen-bond donors (Lipinski definition) is 2. The van der Waals surface area contributed by atoms with E-state index in [0.717, 1.165) is 0 Å². The summed E-state index contributed by atoms with van der Waals surface area (Å²) in [6.45, 7) is 0. The van der Waals surface area contributed by atoms with Crippen LogP contribution in [0.15, 0.2) is 73.6 Å². The van der Waals surface area contributed by atoms with Gasteiger partial charge in [0.2, 0.25) is 0 Å². The molecule has 0 aliphatic rings. The van der Waals surface area contributed by atoms with Gasteiger partial charge in [0.1, 0.15) is 0 Å². The summed E-state index contributed by atoms with van der Waals surface area (Å²) < 4.78 is 1.33. The van der Waals surface area contributed by atoms with Crippen LogP contribution in [0.25, 0.3) is 0 Å². The zero-order valence-electron chi connectivity index (χ0n) is 16.2. The maximum absolute atomic E-state index is 12.7. The van der Waals surface area contributed by atoms with Crippen molar-refractivity contribution in [2.45, 2.75) is 0 Å². The second-order valence-electron chi connectivity index (χ2n) is 5.93. The van der Waals surface area contributed by atoms with Crippen LogP contribution >= 0.6 is 0 Å². The second kappa shape index (κ2) is 10.6. The van der Waals surface area contributed by atoms with Crippen molar-refractivity contribution in [3.05, 3.63) is 84.7 Å². The molecular formula is C20H14N8O2Se2. The van der Waals surface area contributed by atoms with E-state index in [-0.39, 0.29) is 50.0 Å². The zero-order valence-corrected chi connectivity index (χ0v) is 19.7. The fourth-order valence-corrected chi connectivity index (χ4v) is 8.84. The molecule has 2 N–H and O–H groups in total. The van der Waals surface area contributed by atoms with Crippen LogP contribution in [0.1, 0.15) is 20.7 Å². The van der Waals surface area contributed by atoms with Gasteiger partial charge in [-0.1, -0.05) is 0 Å². The Morgan fingerprint density at radius 2 is 0.938 bits per heavy atom. The van der Waals surface area contributed by atoms with E-state index in [1.54, 1.807) is 73.6 Å². The molecule has 4 aromatic heterocycles. The first-order chi connectivity index (χ1) is 15.7. The Labute approximate surface area is 193 Å². The van der Waals surface area contributed by atoms with Crippen molar-refractivity contribution >= 4 is 59.2 Å². The molecule has 10 nitrogen and oxygen atoms in total. The number of aromatic nitrogens is 6. The molecule has 0 radical (unpaired) electrons. The van der Waals surface area contributed by atoms with Gasteiger partial charge in [-0.05, 0) is 0 Å². The van der Waals surface area contributed by atoms with Crippen LogP contribution in [-0.4, -0.2) is 68.0 Å². The van der Waals surface area contributed by atoms with Gasteiger partial charge in [0.15, 0.2) is 0 Å². The summed E-state index contributed by atoms with van der Waals surface area (Å²) in [5.41, 5.74) is 0.892. The van der Waals surface area contributed by atoms with Gasteiger partial charge >= 0.3 is 194 Å². The van der Waals surface area contributed by atoms with Gasteiger partial charge in [-0.25, -0.2) is 0 Å². The molecule has 0 aliphatic heterocycles. The summed E-state index contributed by atoms with van der Waals surface area (Å²) in [4.78, 5) is 50.3. The van der Waals surface area contributed by atoms with Gasteiger partial charge in [0.25, 0.3) is 0 Å². The van der Waals surface area contributed by atoms with Crippen molar-refractivity contribution in [2.24, 2.45) is 0 Å². The molecule has 0 bridgehead atoms. The molecule has 0 aromatic carbocycles. The SMILES string of the molecule is O=C(Nc1ncccn1)c1cccnc1[Se][Se]c1ncccc1C(=O)Nc1ncccn1. The molecule has 0 fully saturated rings. The Balaban J connectivity index is 1.49. The summed E-state index contributed by atoms with van der Waals surface area (Å²) in [5, 5.41) is 5.35. The molecule has 0 saturated heterocycles. The fraction of sp³-hybridized carbons (Fsp3) is 0. The molecule has 0 atom stereocenters. The van der Waals surface area contributed by atoms with E-state index in [1.807, 2.05) is 0 Å².